The Morgan fingerprint density at radius 2 is 1.50 bits per heavy atom. The van der Waals surface area contributed by atoms with Crippen LogP contribution < -0.4 is 0 Å². The monoisotopic (exact) mass is 254 g/mol. The standard InChI is InChI=1S/C16H30O2/c1-12(2)16(6,13(3)4)14(17)18-15(5)10-8-7-9-11-15/h12-13H,7-11H2,1-6H3. The van der Waals surface area contributed by atoms with Crippen LogP contribution in [0.15, 0.2) is 0 Å². The lowest BCUT2D eigenvalue weighted by Crippen LogP contribution is -2.45. The summed E-state index contributed by atoms with van der Waals surface area (Å²) in [6.07, 6.45) is 5.68. The van der Waals surface area contributed by atoms with Crippen LogP contribution in [-0.2, 0) is 9.53 Å². The van der Waals surface area contributed by atoms with E-state index in [1.807, 2.05) is 0 Å². The fourth-order valence-electron chi connectivity index (χ4n) is 2.87. The van der Waals surface area contributed by atoms with Gasteiger partial charge in [-0.05, 0) is 51.4 Å². The van der Waals surface area contributed by atoms with Gasteiger partial charge < -0.3 is 4.74 Å². The molecule has 0 aromatic heterocycles. The van der Waals surface area contributed by atoms with Crippen LogP contribution >= 0.6 is 0 Å². The highest BCUT2D eigenvalue weighted by molar-refractivity contribution is 5.77. The van der Waals surface area contributed by atoms with E-state index in [0.717, 1.165) is 12.8 Å². The topological polar surface area (TPSA) is 26.3 Å². The zero-order valence-corrected chi connectivity index (χ0v) is 13.0. The third-order valence-corrected chi connectivity index (χ3v) is 5.09. The Labute approximate surface area is 112 Å². The first-order valence-electron chi connectivity index (χ1n) is 7.46. The van der Waals surface area contributed by atoms with Crippen LogP contribution in [0.4, 0.5) is 0 Å². The Morgan fingerprint density at radius 1 is 1.06 bits per heavy atom. The Morgan fingerprint density at radius 3 is 1.89 bits per heavy atom. The second-order valence-electron chi connectivity index (χ2n) is 6.99. The number of hydrogen-bond acceptors (Lipinski definition) is 2. The summed E-state index contributed by atoms with van der Waals surface area (Å²) in [5, 5.41) is 0. The molecule has 0 radical (unpaired) electrons. The third kappa shape index (κ3) is 3.07. The van der Waals surface area contributed by atoms with Gasteiger partial charge in [0.2, 0.25) is 0 Å². The first-order chi connectivity index (χ1) is 8.22. The lowest BCUT2D eigenvalue weighted by Gasteiger charge is -2.40. The van der Waals surface area contributed by atoms with E-state index in [1.165, 1.54) is 19.3 Å². The van der Waals surface area contributed by atoms with Gasteiger partial charge in [-0.2, -0.15) is 0 Å². The van der Waals surface area contributed by atoms with Crippen LogP contribution in [0.3, 0.4) is 0 Å². The summed E-state index contributed by atoms with van der Waals surface area (Å²) in [5.74, 6) is 0.603. The largest absolute Gasteiger partial charge is 0.459 e. The SMILES string of the molecule is CC(C)C(C)(C(=O)OC1(C)CCCCC1)C(C)C. The Kier molecular flexibility index (Phi) is 4.85. The molecule has 1 fully saturated rings. The number of rotatable bonds is 4. The molecule has 106 valence electrons. The van der Waals surface area contributed by atoms with Crippen molar-refractivity contribution in [2.45, 2.75) is 79.2 Å². The summed E-state index contributed by atoms with van der Waals surface area (Å²) in [4.78, 5) is 12.6. The van der Waals surface area contributed by atoms with Crippen molar-refractivity contribution in [3.63, 3.8) is 0 Å². The van der Waals surface area contributed by atoms with Gasteiger partial charge in [0.15, 0.2) is 0 Å². The maximum absolute atomic E-state index is 12.6. The molecule has 2 nitrogen and oxygen atoms in total. The van der Waals surface area contributed by atoms with Crippen LogP contribution in [0, 0.1) is 17.3 Å². The number of esters is 1. The second kappa shape index (κ2) is 5.63. The number of ether oxygens (including phenoxy) is 1. The van der Waals surface area contributed by atoms with E-state index in [1.54, 1.807) is 0 Å². The number of hydrogen-bond donors (Lipinski definition) is 0. The average Bonchev–Trinajstić information content (AvgIpc) is 2.27. The molecule has 0 aliphatic heterocycles. The molecular formula is C16H30O2. The van der Waals surface area contributed by atoms with Gasteiger partial charge in [0.25, 0.3) is 0 Å². The van der Waals surface area contributed by atoms with Crippen LogP contribution in [0.1, 0.15) is 73.6 Å². The molecule has 1 saturated carbocycles. The van der Waals surface area contributed by atoms with Crippen LogP contribution in [-0.4, -0.2) is 11.6 Å². The molecule has 1 rings (SSSR count). The van der Waals surface area contributed by atoms with Gasteiger partial charge in [0.05, 0.1) is 5.41 Å². The molecule has 0 saturated heterocycles. The molecule has 1 aliphatic carbocycles. The van der Waals surface area contributed by atoms with Crippen molar-refractivity contribution in [1.82, 2.24) is 0 Å². The average molecular weight is 254 g/mol. The fraction of sp³-hybridized carbons (Fsp3) is 0.938. The second-order valence-corrected chi connectivity index (χ2v) is 6.99. The first-order valence-corrected chi connectivity index (χ1v) is 7.46. The van der Waals surface area contributed by atoms with Crippen LogP contribution in [0.5, 0.6) is 0 Å². The van der Waals surface area contributed by atoms with Crippen LogP contribution in [0.2, 0.25) is 0 Å². The molecule has 0 atom stereocenters. The summed E-state index contributed by atoms with van der Waals surface area (Å²) in [7, 11) is 0. The predicted octanol–water partition coefficient (Wildman–Crippen LogP) is 4.57. The van der Waals surface area contributed by atoms with Gasteiger partial charge in [0.1, 0.15) is 5.60 Å². The van der Waals surface area contributed by atoms with E-state index in [2.05, 4.69) is 41.5 Å². The summed E-state index contributed by atoms with van der Waals surface area (Å²) in [6, 6.07) is 0. The van der Waals surface area contributed by atoms with E-state index >= 15 is 0 Å². The van der Waals surface area contributed by atoms with Crippen molar-refractivity contribution in [3.05, 3.63) is 0 Å². The number of carbonyl (C=O) groups is 1. The molecule has 0 N–H and O–H groups in total. The van der Waals surface area contributed by atoms with Gasteiger partial charge >= 0.3 is 5.97 Å². The molecule has 1 aliphatic rings. The lowest BCUT2D eigenvalue weighted by atomic mass is 9.70. The zero-order valence-electron chi connectivity index (χ0n) is 13.0. The van der Waals surface area contributed by atoms with E-state index < -0.39 is 0 Å². The maximum atomic E-state index is 12.6. The summed E-state index contributed by atoms with van der Waals surface area (Å²) in [5.41, 5.74) is -0.596. The quantitative estimate of drug-likeness (QED) is 0.687. The van der Waals surface area contributed by atoms with E-state index in [-0.39, 0.29) is 17.0 Å². The summed E-state index contributed by atoms with van der Waals surface area (Å²) >= 11 is 0. The van der Waals surface area contributed by atoms with Crippen molar-refractivity contribution >= 4 is 5.97 Å². The molecule has 0 spiro atoms. The minimum absolute atomic E-state index is 0.00287. The van der Waals surface area contributed by atoms with Crippen molar-refractivity contribution < 1.29 is 9.53 Å². The van der Waals surface area contributed by atoms with Gasteiger partial charge in [-0.25, -0.2) is 0 Å². The molecular weight excluding hydrogens is 224 g/mol. The van der Waals surface area contributed by atoms with Gasteiger partial charge in [-0.1, -0.05) is 34.1 Å². The lowest BCUT2D eigenvalue weighted by molar-refractivity contribution is -0.179. The molecule has 0 unspecified atom stereocenters. The molecule has 0 aromatic carbocycles. The predicted molar refractivity (Wildman–Crippen MR) is 75.4 cm³/mol. The van der Waals surface area contributed by atoms with Crippen LogP contribution in [0.25, 0.3) is 0 Å². The van der Waals surface area contributed by atoms with Crippen molar-refractivity contribution in [3.8, 4) is 0 Å². The Hall–Kier alpha value is -0.530. The zero-order chi connectivity index (χ0) is 14.0. The smallest absolute Gasteiger partial charge is 0.312 e. The summed E-state index contributed by atoms with van der Waals surface area (Å²) in [6.45, 7) is 12.6. The van der Waals surface area contributed by atoms with Gasteiger partial charge in [-0.15, -0.1) is 0 Å². The number of carbonyl (C=O) groups excluding carboxylic acids is 1. The minimum Gasteiger partial charge on any atom is -0.459 e. The van der Waals surface area contributed by atoms with Gasteiger partial charge in [0, 0.05) is 0 Å². The first kappa shape index (κ1) is 15.5. The van der Waals surface area contributed by atoms with E-state index in [0.29, 0.717) is 11.8 Å². The van der Waals surface area contributed by atoms with Gasteiger partial charge in [-0.3, -0.25) is 4.79 Å². The highest BCUT2D eigenvalue weighted by atomic mass is 16.6. The van der Waals surface area contributed by atoms with Crippen molar-refractivity contribution in [2.24, 2.45) is 17.3 Å². The molecule has 2 heteroatoms. The Bertz CT molecular complexity index is 277. The third-order valence-electron chi connectivity index (χ3n) is 5.09. The highest BCUT2D eigenvalue weighted by Crippen LogP contribution is 2.40. The van der Waals surface area contributed by atoms with Crippen molar-refractivity contribution in [2.75, 3.05) is 0 Å². The maximum Gasteiger partial charge on any atom is 0.312 e. The van der Waals surface area contributed by atoms with E-state index in [4.69, 9.17) is 4.74 Å². The normalized spacial score (nSPS) is 20.2. The Balaban J connectivity index is 2.79. The van der Waals surface area contributed by atoms with E-state index in [9.17, 15) is 4.79 Å². The molecule has 18 heavy (non-hydrogen) atoms. The molecule has 0 amide bonds. The molecule has 0 heterocycles. The molecule has 0 aromatic rings. The minimum atomic E-state index is -0.375. The highest BCUT2D eigenvalue weighted by Gasteiger charge is 2.44. The molecule has 0 bridgehead atoms. The van der Waals surface area contributed by atoms with Crippen molar-refractivity contribution in [1.29, 1.82) is 0 Å². The fourth-order valence-corrected chi connectivity index (χ4v) is 2.87. The summed E-state index contributed by atoms with van der Waals surface area (Å²) < 4.78 is 5.93.